The van der Waals surface area contributed by atoms with Gasteiger partial charge in [0, 0.05) is 22.2 Å². The van der Waals surface area contributed by atoms with Crippen molar-refractivity contribution < 1.29 is 0 Å². The fourth-order valence-electron chi connectivity index (χ4n) is 9.67. The lowest BCUT2D eigenvalue weighted by molar-refractivity contribution is 0.660. The standard InChI is InChI=1S/C55H39N/c1-55(2)51-30-16-15-28-46(51)54-45(29-17-31-52(54)55)48-35-50-41-25-11-9-23-39(41)47(34-49(50)42-26-12-10-24-40(42)48)43-32-33-53(44-27-14-13-22-38(43)44)56(36-18-5-3-6-19-36)37-20-7-4-8-21-37/h3-35H,1-2H3. The first-order valence-electron chi connectivity index (χ1n) is 19.6. The summed E-state index contributed by atoms with van der Waals surface area (Å²) in [5.74, 6) is 0. The molecule has 0 fully saturated rings. The van der Waals surface area contributed by atoms with Crippen molar-refractivity contribution in [3.05, 3.63) is 211 Å². The van der Waals surface area contributed by atoms with Crippen LogP contribution in [0.15, 0.2) is 200 Å². The summed E-state index contributed by atoms with van der Waals surface area (Å²) in [6, 6.07) is 73.8. The van der Waals surface area contributed by atoms with E-state index in [2.05, 4.69) is 219 Å². The highest BCUT2D eigenvalue weighted by atomic mass is 15.1. The molecule has 0 aliphatic heterocycles. The van der Waals surface area contributed by atoms with Crippen LogP contribution >= 0.6 is 0 Å². The van der Waals surface area contributed by atoms with Gasteiger partial charge in [-0.2, -0.15) is 0 Å². The highest BCUT2D eigenvalue weighted by molar-refractivity contribution is 6.25. The summed E-state index contributed by atoms with van der Waals surface area (Å²) in [5, 5.41) is 10.1. The lowest BCUT2D eigenvalue weighted by Gasteiger charge is -2.27. The van der Waals surface area contributed by atoms with E-state index in [4.69, 9.17) is 0 Å². The minimum atomic E-state index is -0.0618. The number of hydrogen-bond donors (Lipinski definition) is 0. The number of benzene rings is 10. The third kappa shape index (κ3) is 4.81. The van der Waals surface area contributed by atoms with Crippen molar-refractivity contribution in [2.24, 2.45) is 0 Å². The van der Waals surface area contributed by atoms with Crippen LogP contribution in [0.2, 0.25) is 0 Å². The summed E-state index contributed by atoms with van der Waals surface area (Å²) in [6.45, 7) is 4.73. The number of fused-ring (bicyclic) bond motifs is 9. The highest BCUT2D eigenvalue weighted by Crippen LogP contribution is 2.53. The topological polar surface area (TPSA) is 3.24 Å². The molecular formula is C55H39N. The van der Waals surface area contributed by atoms with Crippen LogP contribution in [-0.4, -0.2) is 0 Å². The van der Waals surface area contributed by atoms with Crippen LogP contribution in [0.25, 0.3) is 76.5 Å². The Morgan fingerprint density at radius 2 is 0.750 bits per heavy atom. The monoisotopic (exact) mass is 713 g/mol. The Balaban J connectivity index is 1.18. The summed E-state index contributed by atoms with van der Waals surface area (Å²) in [7, 11) is 0. The van der Waals surface area contributed by atoms with Crippen LogP contribution in [0.4, 0.5) is 17.1 Å². The normalized spacial score (nSPS) is 13.0. The fourth-order valence-corrected chi connectivity index (χ4v) is 9.67. The SMILES string of the molecule is CC1(C)c2ccccc2-c2c(-c3cc4c5ccccc5c(-c5ccc(N(c6ccccc6)c6ccccc6)c6ccccc56)cc4c4ccccc34)cccc21. The van der Waals surface area contributed by atoms with E-state index in [1.165, 1.54) is 87.6 Å². The van der Waals surface area contributed by atoms with Gasteiger partial charge in [0.15, 0.2) is 0 Å². The van der Waals surface area contributed by atoms with Gasteiger partial charge in [-0.15, -0.1) is 0 Å². The molecule has 0 saturated heterocycles. The Morgan fingerprint density at radius 1 is 0.304 bits per heavy atom. The molecule has 1 aliphatic rings. The second-order valence-corrected chi connectivity index (χ2v) is 15.6. The zero-order valence-corrected chi connectivity index (χ0v) is 31.5. The van der Waals surface area contributed by atoms with E-state index in [9.17, 15) is 0 Å². The number of rotatable bonds is 5. The van der Waals surface area contributed by atoms with Gasteiger partial charge in [0.1, 0.15) is 0 Å². The lowest BCUT2D eigenvalue weighted by Crippen LogP contribution is -2.14. The largest absolute Gasteiger partial charge is 0.310 e. The quantitative estimate of drug-likeness (QED) is 0.161. The van der Waals surface area contributed by atoms with Crippen LogP contribution in [0, 0.1) is 0 Å². The molecule has 0 heterocycles. The van der Waals surface area contributed by atoms with Crippen molar-refractivity contribution in [2.45, 2.75) is 19.3 Å². The molecule has 10 aromatic carbocycles. The minimum absolute atomic E-state index is 0.0618. The van der Waals surface area contributed by atoms with Crippen molar-refractivity contribution in [1.29, 1.82) is 0 Å². The van der Waals surface area contributed by atoms with Gasteiger partial charge in [-0.3, -0.25) is 0 Å². The van der Waals surface area contributed by atoms with Gasteiger partial charge in [0.05, 0.1) is 5.69 Å². The molecular weight excluding hydrogens is 675 g/mol. The molecule has 0 radical (unpaired) electrons. The number of para-hydroxylation sites is 2. The molecule has 0 unspecified atom stereocenters. The van der Waals surface area contributed by atoms with Crippen molar-refractivity contribution in [1.82, 2.24) is 0 Å². The van der Waals surface area contributed by atoms with Crippen molar-refractivity contribution in [2.75, 3.05) is 4.90 Å². The van der Waals surface area contributed by atoms with Gasteiger partial charge in [-0.25, -0.2) is 0 Å². The van der Waals surface area contributed by atoms with Crippen molar-refractivity contribution >= 4 is 60.2 Å². The first-order chi connectivity index (χ1) is 27.6. The first-order valence-corrected chi connectivity index (χ1v) is 19.6. The zero-order chi connectivity index (χ0) is 37.4. The molecule has 1 aliphatic carbocycles. The zero-order valence-electron chi connectivity index (χ0n) is 31.5. The smallest absolute Gasteiger partial charge is 0.0540 e. The number of nitrogens with zero attached hydrogens (tertiary/aromatic N) is 1. The van der Waals surface area contributed by atoms with Crippen LogP contribution in [0.1, 0.15) is 25.0 Å². The summed E-state index contributed by atoms with van der Waals surface area (Å²) >= 11 is 0. The van der Waals surface area contributed by atoms with Crippen molar-refractivity contribution in [3.63, 3.8) is 0 Å². The predicted molar refractivity (Wildman–Crippen MR) is 240 cm³/mol. The molecule has 0 saturated carbocycles. The molecule has 264 valence electrons. The summed E-state index contributed by atoms with van der Waals surface area (Å²) in [5.41, 5.74) is 13.9. The second kappa shape index (κ2) is 12.5. The van der Waals surface area contributed by atoms with Crippen LogP contribution in [0.5, 0.6) is 0 Å². The summed E-state index contributed by atoms with van der Waals surface area (Å²) in [6.07, 6.45) is 0. The number of hydrogen-bond acceptors (Lipinski definition) is 1. The predicted octanol–water partition coefficient (Wildman–Crippen LogP) is 15.4. The van der Waals surface area contributed by atoms with Gasteiger partial charge in [-0.1, -0.05) is 172 Å². The van der Waals surface area contributed by atoms with Gasteiger partial charge in [-0.05, 0) is 125 Å². The summed E-state index contributed by atoms with van der Waals surface area (Å²) < 4.78 is 0. The maximum atomic E-state index is 2.48. The lowest BCUT2D eigenvalue weighted by atomic mass is 9.81. The van der Waals surface area contributed by atoms with E-state index in [1.807, 2.05) is 0 Å². The van der Waals surface area contributed by atoms with E-state index >= 15 is 0 Å². The van der Waals surface area contributed by atoms with E-state index in [0.717, 1.165) is 17.1 Å². The van der Waals surface area contributed by atoms with Gasteiger partial charge < -0.3 is 4.90 Å². The molecule has 0 spiro atoms. The third-order valence-electron chi connectivity index (χ3n) is 12.2. The first kappa shape index (κ1) is 32.5. The Morgan fingerprint density at radius 3 is 1.36 bits per heavy atom. The average molecular weight is 714 g/mol. The van der Waals surface area contributed by atoms with E-state index in [0.29, 0.717) is 0 Å². The molecule has 0 aromatic heterocycles. The average Bonchev–Trinajstić information content (AvgIpc) is 3.50. The Labute approximate surface area is 327 Å². The van der Waals surface area contributed by atoms with Gasteiger partial charge in [0.25, 0.3) is 0 Å². The maximum Gasteiger partial charge on any atom is 0.0540 e. The third-order valence-corrected chi connectivity index (χ3v) is 12.2. The fraction of sp³-hybridized carbons (Fsp3) is 0.0545. The Bertz CT molecular complexity index is 3120. The maximum absolute atomic E-state index is 2.48. The molecule has 0 amide bonds. The molecule has 56 heavy (non-hydrogen) atoms. The molecule has 0 bridgehead atoms. The molecule has 11 rings (SSSR count). The number of anilines is 3. The van der Waals surface area contributed by atoms with Gasteiger partial charge >= 0.3 is 0 Å². The molecule has 1 heteroatoms. The van der Waals surface area contributed by atoms with E-state index in [-0.39, 0.29) is 5.41 Å². The molecule has 10 aromatic rings. The van der Waals surface area contributed by atoms with Crippen LogP contribution < -0.4 is 4.90 Å². The minimum Gasteiger partial charge on any atom is -0.310 e. The van der Waals surface area contributed by atoms with Crippen LogP contribution in [0.3, 0.4) is 0 Å². The van der Waals surface area contributed by atoms with Crippen molar-refractivity contribution in [3.8, 4) is 33.4 Å². The Kier molecular flexibility index (Phi) is 7.28. The highest BCUT2D eigenvalue weighted by Gasteiger charge is 2.36. The van der Waals surface area contributed by atoms with E-state index < -0.39 is 0 Å². The summed E-state index contributed by atoms with van der Waals surface area (Å²) in [4.78, 5) is 2.37. The second-order valence-electron chi connectivity index (χ2n) is 15.6. The van der Waals surface area contributed by atoms with E-state index in [1.54, 1.807) is 0 Å². The molecule has 0 N–H and O–H groups in total. The molecule has 0 atom stereocenters. The Hall–Kier alpha value is -6.96. The van der Waals surface area contributed by atoms with Gasteiger partial charge in [0.2, 0.25) is 0 Å². The van der Waals surface area contributed by atoms with Crippen LogP contribution in [-0.2, 0) is 5.41 Å². The molecule has 1 nitrogen and oxygen atoms in total.